The van der Waals surface area contributed by atoms with Gasteiger partial charge >= 0.3 is 6.36 Å². The Hall–Kier alpha value is -2.91. The van der Waals surface area contributed by atoms with Gasteiger partial charge in [-0.3, -0.25) is 0 Å². The fourth-order valence-electron chi connectivity index (χ4n) is 2.44. The third-order valence-electron chi connectivity index (χ3n) is 3.54. The van der Waals surface area contributed by atoms with Crippen LogP contribution in [0.3, 0.4) is 0 Å². The highest BCUT2D eigenvalue weighted by Gasteiger charge is 2.31. The number of rotatable bonds is 6. The first-order valence-corrected chi connectivity index (χ1v) is 8.15. The lowest BCUT2D eigenvalue weighted by Crippen LogP contribution is -2.17. The number of hydrogen-bond donors (Lipinski definition) is 1. The van der Waals surface area contributed by atoms with E-state index in [0.29, 0.717) is 35.5 Å². The molecule has 0 radical (unpaired) electrons. The topological polar surface area (TPSA) is 72.9 Å². The molecule has 0 atom stereocenters. The van der Waals surface area contributed by atoms with Gasteiger partial charge in [-0.25, -0.2) is 14.4 Å². The summed E-state index contributed by atoms with van der Waals surface area (Å²) in [5.41, 5.74) is 1.28. The van der Waals surface area contributed by atoms with Crippen LogP contribution in [-0.4, -0.2) is 32.9 Å². The molecule has 0 bridgehead atoms. The largest absolute Gasteiger partial charge is 0.573 e. The van der Waals surface area contributed by atoms with Crippen molar-refractivity contribution in [2.24, 2.45) is 0 Å². The normalized spacial score (nSPS) is 11.8. The van der Waals surface area contributed by atoms with Crippen LogP contribution in [0.25, 0.3) is 11.3 Å². The molecule has 3 aromatic rings. The highest BCUT2D eigenvalue weighted by atomic mass is 19.4. The van der Waals surface area contributed by atoms with Gasteiger partial charge in [-0.15, -0.1) is 13.2 Å². The van der Waals surface area contributed by atoms with Crippen LogP contribution >= 0.6 is 0 Å². The van der Waals surface area contributed by atoms with E-state index in [9.17, 15) is 17.6 Å². The van der Waals surface area contributed by atoms with Crippen LogP contribution in [0.5, 0.6) is 11.6 Å². The van der Waals surface area contributed by atoms with E-state index < -0.39 is 17.9 Å². The van der Waals surface area contributed by atoms with E-state index in [1.54, 1.807) is 6.92 Å². The fourth-order valence-corrected chi connectivity index (χ4v) is 2.44. The van der Waals surface area contributed by atoms with Gasteiger partial charge in [0.1, 0.15) is 23.1 Å². The lowest BCUT2D eigenvalue weighted by molar-refractivity contribution is -0.274. The fraction of sp³-hybridized carbons (Fsp3) is 0.353. The molecule has 0 aliphatic heterocycles. The van der Waals surface area contributed by atoms with Gasteiger partial charge in [-0.05, 0) is 25.0 Å². The number of fused-ring (bicyclic) bond motifs is 1. The number of nitrogens with one attached hydrogen (secondary N) is 1. The van der Waals surface area contributed by atoms with E-state index in [4.69, 9.17) is 4.74 Å². The molecule has 10 heteroatoms. The van der Waals surface area contributed by atoms with E-state index in [1.165, 1.54) is 6.07 Å². The highest BCUT2D eigenvalue weighted by molar-refractivity contribution is 5.66. The molecule has 1 aromatic carbocycles. The van der Waals surface area contributed by atoms with Crippen LogP contribution in [0.1, 0.15) is 30.4 Å². The molecular weight excluding hydrogens is 368 g/mol. The predicted octanol–water partition coefficient (Wildman–Crippen LogP) is 4.08. The van der Waals surface area contributed by atoms with Crippen LogP contribution in [0, 0.1) is 12.7 Å². The molecule has 0 amide bonds. The predicted molar refractivity (Wildman–Crippen MR) is 88.1 cm³/mol. The molecule has 2 heterocycles. The highest BCUT2D eigenvalue weighted by Crippen LogP contribution is 2.27. The molecule has 0 aliphatic rings. The van der Waals surface area contributed by atoms with Gasteiger partial charge in [0.15, 0.2) is 5.65 Å². The molecule has 144 valence electrons. The summed E-state index contributed by atoms with van der Waals surface area (Å²) in [5.74, 6) is -0.646. The van der Waals surface area contributed by atoms with Gasteiger partial charge in [0.25, 0.3) is 0 Å². The zero-order chi connectivity index (χ0) is 19.6. The van der Waals surface area contributed by atoms with Crippen molar-refractivity contribution in [3.05, 3.63) is 41.1 Å². The average molecular weight is 384 g/mol. The van der Waals surface area contributed by atoms with Crippen LogP contribution in [-0.2, 0) is 6.42 Å². The maximum atomic E-state index is 14.3. The Bertz CT molecular complexity index is 956. The van der Waals surface area contributed by atoms with E-state index in [1.807, 2.05) is 6.92 Å². The molecule has 1 N–H and O–H groups in total. The zero-order valence-electron chi connectivity index (χ0n) is 14.5. The Balaban J connectivity index is 1.92. The number of aromatic amines is 1. The number of H-pyrrole nitrogens is 1. The molecule has 0 fully saturated rings. The number of hydrogen-bond acceptors (Lipinski definition) is 5. The summed E-state index contributed by atoms with van der Waals surface area (Å²) in [5, 5.41) is 0. The van der Waals surface area contributed by atoms with Crippen LogP contribution in [0.2, 0.25) is 0 Å². The number of aryl methyl sites for hydroxylation is 1. The molecule has 2 aromatic heterocycles. The first-order valence-electron chi connectivity index (χ1n) is 8.15. The molecule has 27 heavy (non-hydrogen) atoms. The van der Waals surface area contributed by atoms with E-state index >= 15 is 0 Å². The second-order valence-corrected chi connectivity index (χ2v) is 5.80. The van der Waals surface area contributed by atoms with E-state index in [0.717, 1.165) is 12.5 Å². The summed E-state index contributed by atoms with van der Waals surface area (Å²) < 4.78 is 60.3. The summed E-state index contributed by atoms with van der Waals surface area (Å²) in [6.07, 6.45) is -4.17. The van der Waals surface area contributed by atoms with Gasteiger partial charge < -0.3 is 14.5 Å². The third-order valence-corrected chi connectivity index (χ3v) is 3.54. The maximum absolute atomic E-state index is 14.3. The van der Waals surface area contributed by atoms with Crippen molar-refractivity contribution in [1.82, 2.24) is 19.9 Å². The quantitative estimate of drug-likeness (QED) is 0.649. The average Bonchev–Trinajstić information content (AvgIpc) is 2.92. The lowest BCUT2D eigenvalue weighted by Gasteiger charge is -2.12. The summed E-state index contributed by atoms with van der Waals surface area (Å²) in [4.78, 5) is 15.8. The Morgan fingerprint density at radius 1 is 1.15 bits per heavy atom. The number of alkyl halides is 3. The Labute approximate surface area is 151 Å². The van der Waals surface area contributed by atoms with Crippen LogP contribution in [0.15, 0.2) is 18.2 Å². The number of nitrogens with zero attached hydrogens (tertiary/aromatic N) is 3. The van der Waals surface area contributed by atoms with Crippen LogP contribution < -0.4 is 9.47 Å². The summed E-state index contributed by atoms with van der Waals surface area (Å²) in [6.45, 7) is 4.05. The second kappa shape index (κ2) is 7.37. The SMILES string of the molecule is CCCOc1nc2nc(C)[nH]c2nc1Cc1ccc(OC(F)(F)F)cc1F. The number of aromatic nitrogens is 4. The van der Waals surface area contributed by atoms with Gasteiger partial charge in [0.2, 0.25) is 11.5 Å². The molecule has 0 unspecified atom stereocenters. The molecule has 0 saturated carbocycles. The number of ether oxygens (including phenoxy) is 2. The molecule has 0 saturated heterocycles. The molecular formula is C17H16F4N4O2. The van der Waals surface area contributed by atoms with E-state index in [-0.39, 0.29) is 17.9 Å². The Morgan fingerprint density at radius 2 is 1.93 bits per heavy atom. The summed E-state index contributed by atoms with van der Waals surface area (Å²) in [7, 11) is 0. The van der Waals surface area contributed by atoms with Crippen molar-refractivity contribution >= 4 is 11.3 Å². The molecule has 6 nitrogen and oxygen atoms in total. The number of benzene rings is 1. The van der Waals surface area contributed by atoms with Gasteiger partial charge in [0, 0.05) is 12.5 Å². The first kappa shape index (κ1) is 18.9. The second-order valence-electron chi connectivity index (χ2n) is 5.80. The van der Waals surface area contributed by atoms with Crippen LogP contribution in [0.4, 0.5) is 17.6 Å². The maximum Gasteiger partial charge on any atom is 0.573 e. The van der Waals surface area contributed by atoms with Crippen molar-refractivity contribution in [1.29, 1.82) is 0 Å². The minimum atomic E-state index is -4.88. The van der Waals surface area contributed by atoms with Crippen molar-refractivity contribution in [3.63, 3.8) is 0 Å². The van der Waals surface area contributed by atoms with Crippen molar-refractivity contribution in [2.75, 3.05) is 6.61 Å². The number of halogens is 4. The first-order chi connectivity index (χ1) is 12.7. The zero-order valence-corrected chi connectivity index (χ0v) is 14.5. The summed E-state index contributed by atoms with van der Waals surface area (Å²) in [6, 6.07) is 2.94. The van der Waals surface area contributed by atoms with Gasteiger partial charge in [0.05, 0.1) is 6.61 Å². The number of imidazole rings is 1. The Morgan fingerprint density at radius 3 is 2.59 bits per heavy atom. The lowest BCUT2D eigenvalue weighted by atomic mass is 10.1. The monoisotopic (exact) mass is 384 g/mol. The van der Waals surface area contributed by atoms with Crippen molar-refractivity contribution < 1.29 is 27.0 Å². The molecule has 0 spiro atoms. The Kier molecular flexibility index (Phi) is 5.15. The van der Waals surface area contributed by atoms with Gasteiger partial charge in [-0.1, -0.05) is 13.0 Å². The van der Waals surface area contributed by atoms with Gasteiger partial charge in [-0.2, -0.15) is 4.98 Å². The van der Waals surface area contributed by atoms with E-state index in [2.05, 4.69) is 24.7 Å². The molecule has 0 aliphatic carbocycles. The van der Waals surface area contributed by atoms with Crippen molar-refractivity contribution in [3.8, 4) is 11.6 Å². The minimum absolute atomic E-state index is 0.0157. The van der Waals surface area contributed by atoms with Crippen molar-refractivity contribution in [2.45, 2.75) is 33.1 Å². The standard InChI is InChI=1S/C17H16F4N4O2/c1-3-6-26-16-13(24-14-15(25-16)23-9(2)22-14)7-10-4-5-11(8-12(10)18)27-17(19,20)21/h4-5,8H,3,6-7H2,1-2H3,(H,22,23,24,25). The summed E-state index contributed by atoms with van der Waals surface area (Å²) >= 11 is 0. The smallest absolute Gasteiger partial charge is 0.476 e. The molecule has 3 rings (SSSR count). The minimum Gasteiger partial charge on any atom is -0.476 e. The third kappa shape index (κ3) is 4.63.